The second-order valence-electron chi connectivity index (χ2n) is 6.48. The van der Waals surface area contributed by atoms with Crippen molar-refractivity contribution < 1.29 is 14.1 Å². The molecule has 2 aromatic heterocycles. The van der Waals surface area contributed by atoms with Crippen LogP contribution in [0.5, 0.6) is 0 Å². The van der Waals surface area contributed by atoms with Crippen LogP contribution in [0.25, 0.3) is 10.9 Å². The molecule has 0 radical (unpaired) electrons. The van der Waals surface area contributed by atoms with Gasteiger partial charge in [-0.25, -0.2) is 0 Å². The summed E-state index contributed by atoms with van der Waals surface area (Å²) in [5, 5.41) is 4.91. The van der Waals surface area contributed by atoms with Crippen LogP contribution >= 0.6 is 0 Å². The number of H-pyrrole nitrogens is 1. The molecule has 4 rings (SSSR count). The molecule has 25 heavy (non-hydrogen) atoms. The Morgan fingerprint density at radius 2 is 2.24 bits per heavy atom. The van der Waals surface area contributed by atoms with Crippen LogP contribution in [-0.2, 0) is 4.74 Å². The second kappa shape index (κ2) is 6.33. The van der Waals surface area contributed by atoms with Crippen LogP contribution in [0.2, 0.25) is 0 Å². The summed E-state index contributed by atoms with van der Waals surface area (Å²) in [6.07, 6.45) is 0. The Labute approximate surface area is 145 Å². The van der Waals surface area contributed by atoms with E-state index < -0.39 is 0 Å². The van der Waals surface area contributed by atoms with E-state index in [2.05, 4.69) is 15.1 Å². The van der Waals surface area contributed by atoms with Gasteiger partial charge in [0.15, 0.2) is 5.82 Å². The lowest BCUT2D eigenvalue weighted by molar-refractivity contribution is 0.0770. The molecule has 3 heterocycles. The highest BCUT2D eigenvalue weighted by molar-refractivity contribution is 5.98. The molecule has 1 aromatic carbocycles. The molecule has 2 atom stereocenters. The van der Waals surface area contributed by atoms with E-state index in [9.17, 15) is 4.79 Å². The van der Waals surface area contributed by atoms with Crippen molar-refractivity contribution in [3.05, 3.63) is 47.7 Å². The highest BCUT2D eigenvalue weighted by Gasteiger charge is 2.39. The van der Waals surface area contributed by atoms with Crippen LogP contribution in [0.15, 0.2) is 34.9 Å². The topological polar surface area (TPSA) is 84.2 Å². The number of fused-ring (bicyclic) bond motifs is 1. The van der Waals surface area contributed by atoms with E-state index in [1.807, 2.05) is 35.2 Å². The molecular formula is C18H20N4O3. The molecule has 1 saturated heterocycles. The van der Waals surface area contributed by atoms with Gasteiger partial charge in [0.2, 0.25) is 5.89 Å². The van der Waals surface area contributed by atoms with E-state index in [1.165, 1.54) is 0 Å². The van der Waals surface area contributed by atoms with Crippen molar-refractivity contribution >= 4 is 16.8 Å². The summed E-state index contributed by atoms with van der Waals surface area (Å²) in [6, 6.07) is 9.76. The number of para-hydroxylation sites is 1. The number of nitrogens with zero attached hydrogens (tertiary/aromatic N) is 3. The third kappa shape index (κ3) is 2.91. The molecule has 0 bridgehead atoms. The molecule has 1 fully saturated rings. The lowest BCUT2D eigenvalue weighted by Crippen LogP contribution is -2.29. The maximum Gasteiger partial charge on any atom is 0.270 e. The lowest BCUT2D eigenvalue weighted by atomic mass is 9.97. The standard InChI is InChI=1S/C18H20N4O3/c1-11-19-17(25-21-11)14-9-22(8-13(14)10-24-2)18(23)16-7-12-5-3-4-6-15(12)20-16/h3-7,13-14,20H,8-10H2,1-2H3/t13-,14+/m0/s1. The molecule has 1 aliphatic rings. The van der Waals surface area contributed by atoms with Gasteiger partial charge in [-0.1, -0.05) is 23.4 Å². The Bertz CT molecular complexity index is 868. The van der Waals surface area contributed by atoms with Gasteiger partial charge in [-0.2, -0.15) is 4.98 Å². The number of aromatic amines is 1. The number of carbonyl (C=O) groups is 1. The van der Waals surface area contributed by atoms with Crippen molar-refractivity contribution in [2.24, 2.45) is 5.92 Å². The smallest absolute Gasteiger partial charge is 0.270 e. The van der Waals surface area contributed by atoms with Crippen molar-refractivity contribution in [2.45, 2.75) is 12.8 Å². The van der Waals surface area contributed by atoms with Crippen molar-refractivity contribution in [3.8, 4) is 0 Å². The maximum atomic E-state index is 12.9. The lowest BCUT2D eigenvalue weighted by Gasteiger charge is -2.15. The summed E-state index contributed by atoms with van der Waals surface area (Å²) in [7, 11) is 1.66. The summed E-state index contributed by atoms with van der Waals surface area (Å²) in [4.78, 5) is 22.3. The van der Waals surface area contributed by atoms with Crippen LogP contribution in [0, 0.1) is 12.8 Å². The van der Waals surface area contributed by atoms with Crippen molar-refractivity contribution in [3.63, 3.8) is 0 Å². The number of amides is 1. The average Bonchev–Trinajstić information content (AvgIpc) is 3.31. The first-order chi connectivity index (χ1) is 12.2. The average molecular weight is 340 g/mol. The predicted molar refractivity (Wildman–Crippen MR) is 91.3 cm³/mol. The van der Waals surface area contributed by atoms with Crippen molar-refractivity contribution in [1.29, 1.82) is 0 Å². The molecule has 1 N–H and O–H groups in total. The fourth-order valence-corrected chi connectivity index (χ4v) is 3.52. The molecule has 7 nitrogen and oxygen atoms in total. The third-order valence-electron chi connectivity index (χ3n) is 4.73. The Morgan fingerprint density at radius 3 is 2.96 bits per heavy atom. The molecule has 130 valence electrons. The van der Waals surface area contributed by atoms with Crippen molar-refractivity contribution in [1.82, 2.24) is 20.0 Å². The zero-order valence-electron chi connectivity index (χ0n) is 14.2. The Hall–Kier alpha value is -2.67. The number of hydrogen-bond acceptors (Lipinski definition) is 5. The van der Waals surface area contributed by atoms with E-state index in [0.717, 1.165) is 10.9 Å². The Balaban J connectivity index is 1.58. The van der Waals surface area contributed by atoms with E-state index in [-0.39, 0.29) is 17.7 Å². The van der Waals surface area contributed by atoms with Gasteiger partial charge in [-0.05, 0) is 19.1 Å². The van der Waals surface area contributed by atoms with Gasteiger partial charge in [0.25, 0.3) is 5.91 Å². The molecule has 0 unspecified atom stereocenters. The quantitative estimate of drug-likeness (QED) is 0.788. The highest BCUT2D eigenvalue weighted by Crippen LogP contribution is 2.33. The molecule has 1 amide bonds. The highest BCUT2D eigenvalue weighted by atomic mass is 16.5. The third-order valence-corrected chi connectivity index (χ3v) is 4.73. The second-order valence-corrected chi connectivity index (χ2v) is 6.48. The fourth-order valence-electron chi connectivity index (χ4n) is 3.52. The summed E-state index contributed by atoms with van der Waals surface area (Å²) < 4.78 is 10.7. The summed E-state index contributed by atoms with van der Waals surface area (Å²) in [6.45, 7) is 3.49. The van der Waals surface area contributed by atoms with E-state index in [0.29, 0.717) is 37.1 Å². The number of benzene rings is 1. The first kappa shape index (κ1) is 15.8. The maximum absolute atomic E-state index is 12.9. The van der Waals surface area contributed by atoms with Crippen molar-refractivity contribution in [2.75, 3.05) is 26.8 Å². The summed E-state index contributed by atoms with van der Waals surface area (Å²) in [5.74, 6) is 1.29. The van der Waals surface area contributed by atoms with E-state index >= 15 is 0 Å². The minimum Gasteiger partial charge on any atom is -0.384 e. The first-order valence-electron chi connectivity index (χ1n) is 8.32. The van der Waals surface area contributed by atoms with Crippen LogP contribution in [0.3, 0.4) is 0 Å². The zero-order valence-corrected chi connectivity index (χ0v) is 14.2. The summed E-state index contributed by atoms with van der Waals surface area (Å²) >= 11 is 0. The van der Waals surface area contributed by atoms with Gasteiger partial charge in [-0.3, -0.25) is 4.79 Å². The van der Waals surface area contributed by atoms with Gasteiger partial charge < -0.3 is 19.1 Å². The van der Waals surface area contributed by atoms with Crippen LogP contribution in [0.1, 0.15) is 28.1 Å². The number of ether oxygens (including phenoxy) is 1. The minimum atomic E-state index is -0.0176. The van der Waals surface area contributed by atoms with Crippen LogP contribution in [0.4, 0.5) is 0 Å². The monoisotopic (exact) mass is 340 g/mol. The zero-order chi connectivity index (χ0) is 17.4. The SMILES string of the molecule is COC[C@@H]1CN(C(=O)c2cc3ccccc3[nH]2)C[C@H]1c1nc(C)no1. The summed E-state index contributed by atoms with van der Waals surface area (Å²) in [5.41, 5.74) is 1.56. The van der Waals surface area contributed by atoms with Gasteiger partial charge in [-0.15, -0.1) is 0 Å². The largest absolute Gasteiger partial charge is 0.384 e. The number of aromatic nitrogens is 3. The number of rotatable bonds is 4. The molecular weight excluding hydrogens is 320 g/mol. The number of methoxy groups -OCH3 is 1. The Kier molecular flexibility index (Phi) is 4.01. The van der Waals surface area contributed by atoms with E-state index in [4.69, 9.17) is 9.26 Å². The van der Waals surface area contributed by atoms with E-state index in [1.54, 1.807) is 14.0 Å². The van der Waals surface area contributed by atoms with Crippen LogP contribution < -0.4 is 0 Å². The molecule has 0 spiro atoms. The van der Waals surface area contributed by atoms with Gasteiger partial charge in [0.1, 0.15) is 5.69 Å². The molecule has 3 aromatic rings. The number of nitrogens with one attached hydrogen (secondary N) is 1. The first-order valence-corrected chi connectivity index (χ1v) is 8.32. The number of likely N-dealkylation sites (tertiary alicyclic amines) is 1. The normalized spacial score (nSPS) is 20.5. The fraction of sp³-hybridized carbons (Fsp3) is 0.389. The molecule has 1 aliphatic heterocycles. The molecule has 0 aliphatic carbocycles. The van der Waals surface area contributed by atoms with Gasteiger partial charge in [0.05, 0.1) is 12.5 Å². The number of hydrogen-bond donors (Lipinski definition) is 1. The predicted octanol–water partition coefficient (Wildman–Crippen LogP) is 2.36. The number of carbonyl (C=O) groups excluding carboxylic acids is 1. The molecule has 0 saturated carbocycles. The van der Waals surface area contributed by atoms with Crippen LogP contribution in [-0.4, -0.2) is 52.7 Å². The van der Waals surface area contributed by atoms with Gasteiger partial charge in [0, 0.05) is 37.0 Å². The van der Waals surface area contributed by atoms with Gasteiger partial charge >= 0.3 is 0 Å². The minimum absolute atomic E-state index is 0.00511. The molecule has 7 heteroatoms. The Morgan fingerprint density at radius 1 is 1.40 bits per heavy atom. The number of aryl methyl sites for hydroxylation is 1.